The smallest absolute Gasteiger partial charge is 0.307 e. The predicted molar refractivity (Wildman–Crippen MR) is 87.7 cm³/mol. The third-order valence-electron chi connectivity index (χ3n) is 2.93. The van der Waals surface area contributed by atoms with Crippen molar-refractivity contribution in [3.8, 4) is 0 Å². The second kappa shape index (κ2) is 10.00. The van der Waals surface area contributed by atoms with Gasteiger partial charge in [0.2, 0.25) is 5.91 Å². The van der Waals surface area contributed by atoms with Crippen molar-refractivity contribution >= 4 is 30.0 Å². The zero-order chi connectivity index (χ0) is 15.8. The van der Waals surface area contributed by atoms with E-state index < -0.39 is 0 Å². The first-order valence-corrected chi connectivity index (χ1v) is 6.97. The van der Waals surface area contributed by atoms with Gasteiger partial charge in [-0.2, -0.15) is 0 Å². The lowest BCUT2D eigenvalue weighted by Crippen LogP contribution is -2.37. The summed E-state index contributed by atoms with van der Waals surface area (Å²) in [5.74, 6) is -0.0435. The Hall–Kier alpha value is -1.82. The third-order valence-corrected chi connectivity index (χ3v) is 2.93. The summed E-state index contributed by atoms with van der Waals surface area (Å²) < 4.78 is 4.61. The number of carbonyl (C=O) groups is 2. The molecule has 0 fully saturated rings. The van der Waals surface area contributed by atoms with Gasteiger partial charge in [-0.1, -0.05) is 13.8 Å². The van der Waals surface area contributed by atoms with Gasteiger partial charge in [-0.25, -0.2) is 0 Å². The van der Waals surface area contributed by atoms with Gasteiger partial charge in [0.25, 0.3) is 0 Å². The lowest BCUT2D eigenvalue weighted by molar-refractivity contribution is -0.141. The fourth-order valence-electron chi connectivity index (χ4n) is 1.89. The first-order chi connectivity index (χ1) is 9.92. The number of nitrogens with two attached hydrogens (primary N) is 1. The molecule has 0 atom stereocenters. The highest BCUT2D eigenvalue weighted by molar-refractivity contribution is 5.85. The Labute approximate surface area is 137 Å². The summed E-state index contributed by atoms with van der Waals surface area (Å²) in [5, 5.41) is 0. The van der Waals surface area contributed by atoms with E-state index in [2.05, 4.69) is 9.72 Å². The van der Waals surface area contributed by atoms with E-state index >= 15 is 0 Å². The lowest BCUT2D eigenvalue weighted by atomic mass is 10.1. The molecule has 0 radical (unpaired) electrons. The van der Waals surface area contributed by atoms with Crippen LogP contribution in [0.15, 0.2) is 18.3 Å². The van der Waals surface area contributed by atoms with Crippen LogP contribution in [0.1, 0.15) is 26.0 Å². The zero-order valence-corrected chi connectivity index (χ0v) is 14.1. The Balaban J connectivity index is 0.00000441. The largest absolute Gasteiger partial charge is 0.469 e. The molecule has 0 aromatic carbocycles. The van der Waals surface area contributed by atoms with E-state index in [1.54, 1.807) is 17.0 Å². The molecule has 22 heavy (non-hydrogen) atoms. The van der Waals surface area contributed by atoms with Crippen LogP contribution in [-0.4, -0.2) is 42.0 Å². The Morgan fingerprint density at radius 3 is 2.55 bits per heavy atom. The highest BCUT2D eigenvalue weighted by Crippen LogP contribution is 2.07. The van der Waals surface area contributed by atoms with Gasteiger partial charge < -0.3 is 15.4 Å². The van der Waals surface area contributed by atoms with Gasteiger partial charge in [0.15, 0.2) is 0 Å². The minimum atomic E-state index is -0.317. The number of aromatic nitrogens is 1. The second-order valence-corrected chi connectivity index (χ2v) is 5.32. The number of halogens is 1. The van der Waals surface area contributed by atoms with Crippen molar-refractivity contribution in [3.05, 3.63) is 24.0 Å². The highest BCUT2D eigenvalue weighted by Gasteiger charge is 2.17. The topological polar surface area (TPSA) is 85.5 Å². The average molecular weight is 330 g/mol. The van der Waals surface area contributed by atoms with Crippen LogP contribution in [0.3, 0.4) is 0 Å². The van der Waals surface area contributed by atoms with Crippen LogP contribution >= 0.6 is 12.4 Å². The molecule has 6 nitrogen and oxygen atoms in total. The SMILES string of the molecule is COC(=O)CCN(CC(C)C)C(=O)Cc1ccc(N)cn1.Cl. The molecule has 0 bridgehead atoms. The summed E-state index contributed by atoms with van der Waals surface area (Å²) >= 11 is 0. The average Bonchev–Trinajstić information content (AvgIpc) is 2.45. The van der Waals surface area contributed by atoms with Gasteiger partial charge in [0.05, 0.1) is 31.8 Å². The first-order valence-electron chi connectivity index (χ1n) is 6.97. The quantitative estimate of drug-likeness (QED) is 0.769. The number of methoxy groups -OCH3 is 1. The van der Waals surface area contributed by atoms with E-state index in [1.165, 1.54) is 13.3 Å². The van der Waals surface area contributed by atoms with E-state index in [1.807, 2.05) is 13.8 Å². The number of nitrogen functional groups attached to an aromatic ring is 1. The monoisotopic (exact) mass is 329 g/mol. The molecule has 0 aliphatic heterocycles. The van der Waals surface area contributed by atoms with E-state index in [0.29, 0.717) is 30.4 Å². The summed E-state index contributed by atoms with van der Waals surface area (Å²) in [6.45, 7) is 5.02. The van der Waals surface area contributed by atoms with Crippen LogP contribution in [0, 0.1) is 5.92 Å². The number of hydrogen-bond acceptors (Lipinski definition) is 5. The van der Waals surface area contributed by atoms with E-state index in [9.17, 15) is 9.59 Å². The molecule has 0 aliphatic rings. The van der Waals surface area contributed by atoms with Crippen LogP contribution < -0.4 is 5.73 Å². The molecule has 1 aromatic heterocycles. The minimum Gasteiger partial charge on any atom is -0.469 e. The molecule has 0 saturated carbocycles. The number of hydrogen-bond donors (Lipinski definition) is 1. The number of nitrogens with zero attached hydrogens (tertiary/aromatic N) is 2. The molecule has 0 unspecified atom stereocenters. The van der Waals surface area contributed by atoms with Crippen molar-refractivity contribution in [3.63, 3.8) is 0 Å². The van der Waals surface area contributed by atoms with Gasteiger partial charge in [-0.3, -0.25) is 14.6 Å². The molecule has 2 N–H and O–H groups in total. The standard InChI is InChI=1S/C15H23N3O3.ClH/c1-11(2)10-18(7-6-15(20)21-3)14(19)8-13-5-4-12(16)9-17-13;/h4-5,9,11H,6-8,10,16H2,1-3H3;1H. The molecular formula is C15H24ClN3O3. The molecule has 1 rings (SSSR count). The molecular weight excluding hydrogens is 306 g/mol. The maximum atomic E-state index is 12.3. The van der Waals surface area contributed by atoms with Crippen LogP contribution in [-0.2, 0) is 20.7 Å². The van der Waals surface area contributed by atoms with Crippen molar-refractivity contribution < 1.29 is 14.3 Å². The number of carbonyl (C=O) groups excluding carboxylic acids is 2. The van der Waals surface area contributed by atoms with Crippen LogP contribution in [0.5, 0.6) is 0 Å². The molecule has 1 aromatic rings. The van der Waals surface area contributed by atoms with Crippen molar-refractivity contribution in [2.24, 2.45) is 5.92 Å². The number of amides is 1. The molecule has 124 valence electrons. The summed E-state index contributed by atoms with van der Waals surface area (Å²) in [5.41, 5.74) is 6.80. The number of esters is 1. The van der Waals surface area contributed by atoms with E-state index in [0.717, 1.165) is 0 Å². The highest BCUT2D eigenvalue weighted by atomic mass is 35.5. The molecule has 1 amide bonds. The minimum absolute atomic E-state index is 0. The summed E-state index contributed by atoms with van der Waals surface area (Å²) in [4.78, 5) is 29.4. The maximum Gasteiger partial charge on any atom is 0.307 e. The Morgan fingerprint density at radius 1 is 1.36 bits per heavy atom. The number of ether oxygens (including phenoxy) is 1. The van der Waals surface area contributed by atoms with Crippen molar-refractivity contribution in [2.45, 2.75) is 26.7 Å². The van der Waals surface area contributed by atoms with E-state index in [-0.39, 0.29) is 37.1 Å². The molecule has 1 heterocycles. The number of rotatable bonds is 7. The molecule has 7 heteroatoms. The van der Waals surface area contributed by atoms with Gasteiger partial charge in [-0.05, 0) is 18.1 Å². The van der Waals surface area contributed by atoms with Crippen molar-refractivity contribution in [1.29, 1.82) is 0 Å². The third kappa shape index (κ3) is 7.26. The molecule has 0 spiro atoms. The van der Waals surface area contributed by atoms with Gasteiger partial charge >= 0.3 is 5.97 Å². The summed E-state index contributed by atoms with van der Waals surface area (Å²) in [6.07, 6.45) is 1.93. The van der Waals surface area contributed by atoms with Crippen molar-refractivity contribution in [2.75, 3.05) is 25.9 Å². The second-order valence-electron chi connectivity index (χ2n) is 5.32. The van der Waals surface area contributed by atoms with E-state index in [4.69, 9.17) is 5.73 Å². The zero-order valence-electron chi connectivity index (χ0n) is 13.2. The molecule has 0 saturated heterocycles. The fraction of sp³-hybridized carbons (Fsp3) is 0.533. The van der Waals surface area contributed by atoms with Gasteiger partial charge in [0, 0.05) is 18.8 Å². The predicted octanol–water partition coefficient (Wildman–Crippen LogP) is 1.68. The summed E-state index contributed by atoms with van der Waals surface area (Å²) in [6, 6.07) is 3.46. The normalized spacial score (nSPS) is 10.0. The van der Waals surface area contributed by atoms with Crippen molar-refractivity contribution in [1.82, 2.24) is 9.88 Å². The Morgan fingerprint density at radius 2 is 2.05 bits per heavy atom. The first kappa shape index (κ1) is 20.2. The lowest BCUT2D eigenvalue weighted by Gasteiger charge is -2.24. The fourth-order valence-corrected chi connectivity index (χ4v) is 1.89. The van der Waals surface area contributed by atoms with Crippen LogP contribution in [0.4, 0.5) is 5.69 Å². The van der Waals surface area contributed by atoms with Gasteiger partial charge in [-0.15, -0.1) is 12.4 Å². The molecule has 0 aliphatic carbocycles. The maximum absolute atomic E-state index is 12.3. The number of anilines is 1. The van der Waals surface area contributed by atoms with Crippen LogP contribution in [0.25, 0.3) is 0 Å². The Kier molecular flexibility index (Phi) is 9.17. The number of pyridine rings is 1. The van der Waals surface area contributed by atoms with Crippen LogP contribution in [0.2, 0.25) is 0 Å². The van der Waals surface area contributed by atoms with Gasteiger partial charge in [0.1, 0.15) is 0 Å². The Bertz CT molecular complexity index is 477. The summed E-state index contributed by atoms with van der Waals surface area (Å²) in [7, 11) is 1.34.